The summed E-state index contributed by atoms with van der Waals surface area (Å²) < 4.78 is 2.69. The van der Waals surface area contributed by atoms with Crippen LogP contribution in [0.5, 0.6) is 0 Å². The number of imidazole rings is 1. The number of carbonyl (C=O) groups is 1. The Morgan fingerprint density at radius 2 is 2.27 bits per heavy atom. The summed E-state index contributed by atoms with van der Waals surface area (Å²) in [7, 11) is 0. The molecule has 0 saturated carbocycles. The standard InChI is InChI=1S/C10H8BrN3O/c11-8-1-2-9(13-5-8)6-14-4-3-12-10(14)7-15/h1-5,7H,6H2. The number of carbonyl (C=O) groups excluding carboxylic acids is 1. The van der Waals surface area contributed by atoms with Gasteiger partial charge in [-0.1, -0.05) is 0 Å². The van der Waals surface area contributed by atoms with Crippen LogP contribution in [0.2, 0.25) is 0 Å². The second-order valence-electron chi connectivity index (χ2n) is 3.00. The van der Waals surface area contributed by atoms with E-state index in [4.69, 9.17) is 0 Å². The molecule has 4 nitrogen and oxygen atoms in total. The molecule has 76 valence electrons. The largest absolute Gasteiger partial charge is 0.323 e. The van der Waals surface area contributed by atoms with Crippen LogP contribution in [-0.2, 0) is 6.54 Å². The van der Waals surface area contributed by atoms with Crippen molar-refractivity contribution in [2.45, 2.75) is 6.54 Å². The first-order valence-electron chi connectivity index (χ1n) is 4.36. The van der Waals surface area contributed by atoms with E-state index in [9.17, 15) is 4.79 Å². The Bertz CT molecular complexity index is 464. The fourth-order valence-corrected chi connectivity index (χ4v) is 1.48. The Hall–Kier alpha value is -1.49. The van der Waals surface area contributed by atoms with Crippen LogP contribution in [0.3, 0.4) is 0 Å². The second kappa shape index (κ2) is 4.35. The van der Waals surface area contributed by atoms with Crippen LogP contribution in [0.4, 0.5) is 0 Å². The van der Waals surface area contributed by atoms with Crippen molar-refractivity contribution in [3.63, 3.8) is 0 Å². The number of rotatable bonds is 3. The molecular formula is C10H8BrN3O. The Labute approximate surface area is 95.1 Å². The van der Waals surface area contributed by atoms with Crippen LogP contribution in [0.15, 0.2) is 35.2 Å². The van der Waals surface area contributed by atoms with Crippen molar-refractivity contribution in [1.82, 2.24) is 14.5 Å². The van der Waals surface area contributed by atoms with Gasteiger partial charge in [-0.05, 0) is 28.1 Å². The first kappa shape index (κ1) is 10.0. The van der Waals surface area contributed by atoms with Crippen molar-refractivity contribution in [3.05, 3.63) is 46.7 Å². The normalized spacial score (nSPS) is 10.2. The van der Waals surface area contributed by atoms with E-state index < -0.39 is 0 Å². The summed E-state index contributed by atoms with van der Waals surface area (Å²) in [6, 6.07) is 3.82. The summed E-state index contributed by atoms with van der Waals surface area (Å²) in [6.07, 6.45) is 5.82. The van der Waals surface area contributed by atoms with E-state index in [-0.39, 0.29) is 0 Å². The maximum absolute atomic E-state index is 10.6. The molecular weight excluding hydrogens is 258 g/mol. The van der Waals surface area contributed by atoms with Gasteiger partial charge in [-0.3, -0.25) is 9.78 Å². The predicted octanol–water partition coefficient (Wildman–Crippen LogP) is 1.90. The van der Waals surface area contributed by atoms with Crippen LogP contribution < -0.4 is 0 Å². The van der Waals surface area contributed by atoms with Gasteiger partial charge in [0.15, 0.2) is 12.1 Å². The van der Waals surface area contributed by atoms with E-state index in [2.05, 4.69) is 25.9 Å². The summed E-state index contributed by atoms with van der Waals surface area (Å²) >= 11 is 3.31. The molecule has 15 heavy (non-hydrogen) atoms. The molecule has 0 aliphatic heterocycles. The highest BCUT2D eigenvalue weighted by atomic mass is 79.9. The van der Waals surface area contributed by atoms with Crippen molar-refractivity contribution in [3.8, 4) is 0 Å². The van der Waals surface area contributed by atoms with E-state index in [1.54, 1.807) is 23.2 Å². The highest BCUT2D eigenvalue weighted by Gasteiger charge is 2.02. The number of aldehydes is 1. The lowest BCUT2D eigenvalue weighted by Crippen LogP contribution is -2.04. The fourth-order valence-electron chi connectivity index (χ4n) is 1.25. The van der Waals surface area contributed by atoms with Gasteiger partial charge in [-0.25, -0.2) is 4.98 Å². The zero-order chi connectivity index (χ0) is 10.7. The zero-order valence-electron chi connectivity index (χ0n) is 7.80. The van der Waals surface area contributed by atoms with Crippen molar-refractivity contribution in [2.75, 3.05) is 0 Å². The number of hydrogen-bond acceptors (Lipinski definition) is 3. The van der Waals surface area contributed by atoms with E-state index in [1.165, 1.54) is 0 Å². The van der Waals surface area contributed by atoms with E-state index in [0.29, 0.717) is 12.4 Å². The minimum Gasteiger partial charge on any atom is -0.323 e. The first-order valence-corrected chi connectivity index (χ1v) is 5.15. The van der Waals surface area contributed by atoms with Crippen LogP contribution in [0, 0.1) is 0 Å². The van der Waals surface area contributed by atoms with Crippen LogP contribution in [-0.4, -0.2) is 20.8 Å². The van der Waals surface area contributed by atoms with Crippen molar-refractivity contribution >= 4 is 22.2 Å². The molecule has 0 saturated heterocycles. The van der Waals surface area contributed by atoms with Gasteiger partial charge < -0.3 is 4.57 Å². The highest BCUT2D eigenvalue weighted by molar-refractivity contribution is 9.10. The molecule has 2 heterocycles. The van der Waals surface area contributed by atoms with Gasteiger partial charge in [0.05, 0.1) is 12.2 Å². The molecule has 0 radical (unpaired) electrons. The Kier molecular flexibility index (Phi) is 2.91. The quantitative estimate of drug-likeness (QED) is 0.797. The van der Waals surface area contributed by atoms with Gasteiger partial charge in [0.25, 0.3) is 0 Å². The molecule has 0 spiro atoms. The molecule has 2 aromatic heterocycles. The molecule has 0 aliphatic rings. The SMILES string of the molecule is O=Cc1nccn1Cc1ccc(Br)cn1. The lowest BCUT2D eigenvalue weighted by atomic mass is 10.3. The van der Waals surface area contributed by atoms with Crippen molar-refractivity contribution < 1.29 is 4.79 Å². The highest BCUT2D eigenvalue weighted by Crippen LogP contribution is 2.08. The minimum absolute atomic E-state index is 0.416. The van der Waals surface area contributed by atoms with E-state index in [1.807, 2.05) is 12.1 Å². The second-order valence-corrected chi connectivity index (χ2v) is 3.91. The molecule has 2 aromatic rings. The lowest BCUT2D eigenvalue weighted by molar-refractivity contribution is 0.111. The summed E-state index contributed by atoms with van der Waals surface area (Å²) in [5.74, 6) is 0.416. The zero-order valence-corrected chi connectivity index (χ0v) is 9.39. The van der Waals surface area contributed by atoms with E-state index >= 15 is 0 Å². The first-order chi connectivity index (χ1) is 7.29. The van der Waals surface area contributed by atoms with Crippen LogP contribution in [0.1, 0.15) is 16.3 Å². The monoisotopic (exact) mass is 265 g/mol. The third kappa shape index (κ3) is 2.30. The molecule has 5 heteroatoms. The number of halogens is 1. The topological polar surface area (TPSA) is 47.8 Å². The van der Waals surface area contributed by atoms with Crippen molar-refractivity contribution in [1.29, 1.82) is 0 Å². The predicted molar refractivity (Wildman–Crippen MR) is 58.7 cm³/mol. The molecule has 0 aliphatic carbocycles. The Balaban J connectivity index is 2.21. The molecule has 0 N–H and O–H groups in total. The van der Waals surface area contributed by atoms with Gasteiger partial charge >= 0.3 is 0 Å². The number of pyridine rings is 1. The van der Waals surface area contributed by atoms with Gasteiger partial charge in [-0.2, -0.15) is 0 Å². The maximum atomic E-state index is 10.6. The molecule has 0 aromatic carbocycles. The van der Waals surface area contributed by atoms with Gasteiger partial charge in [0.2, 0.25) is 0 Å². The minimum atomic E-state index is 0.416. The summed E-state index contributed by atoms with van der Waals surface area (Å²) in [4.78, 5) is 18.7. The fraction of sp³-hybridized carbons (Fsp3) is 0.100. The lowest BCUT2D eigenvalue weighted by Gasteiger charge is -2.03. The summed E-state index contributed by atoms with van der Waals surface area (Å²) in [5.41, 5.74) is 0.888. The molecule has 0 fully saturated rings. The smallest absolute Gasteiger partial charge is 0.185 e. The van der Waals surface area contributed by atoms with Gasteiger partial charge in [-0.15, -0.1) is 0 Å². The number of nitrogens with zero attached hydrogens (tertiary/aromatic N) is 3. The van der Waals surface area contributed by atoms with Crippen LogP contribution >= 0.6 is 15.9 Å². The summed E-state index contributed by atoms with van der Waals surface area (Å²) in [5, 5.41) is 0. The van der Waals surface area contributed by atoms with Gasteiger partial charge in [0.1, 0.15) is 0 Å². The third-order valence-corrected chi connectivity index (χ3v) is 2.44. The molecule has 2 rings (SSSR count). The van der Waals surface area contributed by atoms with E-state index in [0.717, 1.165) is 16.5 Å². The average molecular weight is 266 g/mol. The Morgan fingerprint density at radius 1 is 1.40 bits per heavy atom. The Morgan fingerprint density at radius 3 is 2.93 bits per heavy atom. The average Bonchev–Trinajstić information content (AvgIpc) is 2.69. The number of aromatic nitrogens is 3. The van der Waals surface area contributed by atoms with Gasteiger partial charge in [0, 0.05) is 23.1 Å². The van der Waals surface area contributed by atoms with Crippen molar-refractivity contribution in [2.24, 2.45) is 0 Å². The van der Waals surface area contributed by atoms with Crippen LogP contribution in [0.25, 0.3) is 0 Å². The maximum Gasteiger partial charge on any atom is 0.185 e. The third-order valence-electron chi connectivity index (χ3n) is 1.97. The molecule has 0 bridgehead atoms. The summed E-state index contributed by atoms with van der Waals surface area (Å²) in [6.45, 7) is 0.557. The molecule has 0 amide bonds. The molecule has 0 unspecified atom stereocenters. The molecule has 0 atom stereocenters. The number of hydrogen-bond donors (Lipinski definition) is 0.